The molecule has 0 aromatic heterocycles. The van der Waals surface area contributed by atoms with Crippen LogP contribution in [0.25, 0.3) is 0 Å². The van der Waals surface area contributed by atoms with Crippen LogP contribution in [-0.4, -0.2) is 14.6 Å². The Hall–Kier alpha value is -3.23. The fourth-order valence-electron chi connectivity index (χ4n) is 2.84. The van der Waals surface area contributed by atoms with Crippen LogP contribution < -0.4 is 10.1 Å². The van der Waals surface area contributed by atoms with Gasteiger partial charge >= 0.3 is 0 Å². The first kappa shape index (κ1) is 19.1. The van der Waals surface area contributed by atoms with Crippen molar-refractivity contribution in [3.05, 3.63) is 89.4 Å². The zero-order valence-corrected chi connectivity index (χ0v) is 16.6. The van der Waals surface area contributed by atoms with Crippen LogP contribution in [0.1, 0.15) is 5.56 Å². The highest BCUT2D eigenvalue weighted by molar-refractivity contribution is 7.89. The first-order valence-corrected chi connectivity index (χ1v) is 10.5. The Balaban J connectivity index is 1.69. The number of benzene rings is 3. The summed E-state index contributed by atoms with van der Waals surface area (Å²) < 4.78 is 24.9. The SMILES string of the molecule is O=S(=O)(NN=CC1(c2ccc(Cl)cc2)N=Nc2ccccc2N1)c1ccccc1. The van der Waals surface area contributed by atoms with Gasteiger partial charge in [0.05, 0.1) is 16.8 Å². The molecule has 4 rings (SSSR count). The molecule has 0 fully saturated rings. The van der Waals surface area contributed by atoms with Gasteiger partial charge in [0.15, 0.2) is 0 Å². The Labute approximate surface area is 173 Å². The second-order valence-corrected chi connectivity index (χ2v) is 8.38. The molecule has 146 valence electrons. The van der Waals surface area contributed by atoms with E-state index in [9.17, 15) is 8.42 Å². The Morgan fingerprint density at radius 3 is 2.41 bits per heavy atom. The van der Waals surface area contributed by atoms with Gasteiger partial charge in [-0.15, -0.1) is 5.11 Å². The van der Waals surface area contributed by atoms with Gasteiger partial charge in [-0.3, -0.25) is 0 Å². The smallest absolute Gasteiger partial charge is 0.276 e. The van der Waals surface area contributed by atoms with E-state index in [1.807, 2.05) is 24.3 Å². The van der Waals surface area contributed by atoms with Crippen LogP contribution in [0, 0.1) is 0 Å². The van der Waals surface area contributed by atoms with Gasteiger partial charge in [-0.25, -0.2) is 4.83 Å². The van der Waals surface area contributed by atoms with Crippen LogP contribution >= 0.6 is 11.6 Å². The minimum Gasteiger partial charge on any atom is -0.350 e. The van der Waals surface area contributed by atoms with Gasteiger partial charge in [0.2, 0.25) is 5.66 Å². The van der Waals surface area contributed by atoms with Crippen molar-refractivity contribution in [2.24, 2.45) is 15.3 Å². The molecule has 1 aliphatic heterocycles. The van der Waals surface area contributed by atoms with Crippen molar-refractivity contribution in [3.8, 4) is 0 Å². The van der Waals surface area contributed by atoms with E-state index in [0.29, 0.717) is 16.3 Å². The normalized spacial score (nSPS) is 18.2. The van der Waals surface area contributed by atoms with Gasteiger partial charge in [0.1, 0.15) is 5.69 Å². The number of halogens is 1. The molecule has 3 aromatic carbocycles. The van der Waals surface area contributed by atoms with Crippen molar-refractivity contribution in [2.45, 2.75) is 10.6 Å². The third kappa shape index (κ3) is 3.98. The second kappa shape index (κ2) is 7.65. The second-order valence-electron chi connectivity index (χ2n) is 6.28. The highest BCUT2D eigenvalue weighted by Crippen LogP contribution is 2.38. The van der Waals surface area contributed by atoms with Crippen molar-refractivity contribution >= 4 is 39.2 Å². The molecular weight excluding hydrogens is 410 g/mol. The van der Waals surface area contributed by atoms with Crippen LogP contribution in [0.3, 0.4) is 0 Å². The molecule has 0 aliphatic carbocycles. The number of nitrogens with zero attached hydrogens (tertiary/aromatic N) is 3. The van der Waals surface area contributed by atoms with Crippen LogP contribution in [0.4, 0.5) is 11.4 Å². The minimum absolute atomic E-state index is 0.112. The fraction of sp³-hybridized carbons (Fsp3) is 0.0500. The average molecular weight is 426 g/mol. The number of nitrogens with one attached hydrogen (secondary N) is 2. The highest BCUT2D eigenvalue weighted by Gasteiger charge is 2.34. The van der Waals surface area contributed by atoms with Crippen molar-refractivity contribution in [2.75, 3.05) is 5.32 Å². The van der Waals surface area contributed by atoms with Crippen LogP contribution in [0.15, 0.2) is 99.1 Å². The monoisotopic (exact) mass is 425 g/mol. The lowest BCUT2D eigenvalue weighted by atomic mass is 10.00. The molecule has 29 heavy (non-hydrogen) atoms. The summed E-state index contributed by atoms with van der Waals surface area (Å²) in [7, 11) is -3.81. The fourth-order valence-corrected chi connectivity index (χ4v) is 3.78. The van der Waals surface area contributed by atoms with Gasteiger partial charge in [0.25, 0.3) is 10.0 Å². The van der Waals surface area contributed by atoms with Gasteiger partial charge in [-0.05, 0) is 36.4 Å². The Morgan fingerprint density at radius 1 is 0.966 bits per heavy atom. The maximum atomic E-state index is 12.4. The number of hydrazone groups is 1. The molecule has 0 saturated carbocycles. The molecule has 7 nitrogen and oxygen atoms in total. The van der Waals surface area contributed by atoms with Crippen molar-refractivity contribution in [1.82, 2.24) is 4.83 Å². The standard InChI is InChI=1S/C20H16ClN5O2S/c21-16-12-10-15(11-13-16)20(23-18-8-4-5-9-19(18)24-25-20)14-22-26-29(27,28)17-6-2-1-3-7-17/h1-14,23,26H. The van der Waals surface area contributed by atoms with E-state index in [-0.39, 0.29) is 4.90 Å². The van der Waals surface area contributed by atoms with Crippen molar-refractivity contribution < 1.29 is 8.42 Å². The number of para-hydroxylation sites is 1. The molecule has 1 unspecified atom stereocenters. The summed E-state index contributed by atoms with van der Waals surface area (Å²) in [6.07, 6.45) is 1.37. The van der Waals surface area contributed by atoms with E-state index in [1.54, 1.807) is 42.5 Å². The summed E-state index contributed by atoms with van der Waals surface area (Å²) >= 11 is 6.01. The summed E-state index contributed by atoms with van der Waals surface area (Å²) in [6, 6.07) is 22.4. The molecular formula is C20H16ClN5O2S. The molecule has 2 N–H and O–H groups in total. The summed E-state index contributed by atoms with van der Waals surface area (Å²) in [4.78, 5) is 2.34. The van der Waals surface area contributed by atoms with Gasteiger partial charge in [0, 0.05) is 10.6 Å². The number of sulfonamides is 1. The predicted octanol–water partition coefficient (Wildman–Crippen LogP) is 4.67. The number of rotatable bonds is 5. The highest BCUT2D eigenvalue weighted by atomic mass is 35.5. The molecule has 0 radical (unpaired) electrons. The van der Waals surface area contributed by atoms with E-state index in [4.69, 9.17) is 11.6 Å². The summed E-state index contributed by atoms with van der Waals surface area (Å²) in [6.45, 7) is 0. The van der Waals surface area contributed by atoms with Crippen molar-refractivity contribution in [1.29, 1.82) is 0 Å². The molecule has 0 spiro atoms. The summed E-state index contributed by atoms with van der Waals surface area (Å²) in [5.74, 6) is 0. The van der Waals surface area contributed by atoms with E-state index >= 15 is 0 Å². The lowest BCUT2D eigenvalue weighted by molar-refractivity contribution is 0.583. The molecule has 1 aliphatic rings. The number of azo groups is 1. The van der Waals surface area contributed by atoms with Crippen LogP contribution in [0.2, 0.25) is 5.02 Å². The van der Waals surface area contributed by atoms with E-state index in [1.165, 1.54) is 18.3 Å². The number of hydrogen-bond acceptors (Lipinski definition) is 6. The first-order valence-electron chi connectivity index (χ1n) is 8.66. The number of hydrogen-bond donors (Lipinski definition) is 2. The maximum absolute atomic E-state index is 12.4. The van der Waals surface area contributed by atoms with Gasteiger partial charge < -0.3 is 5.32 Å². The average Bonchev–Trinajstić information content (AvgIpc) is 2.74. The quantitative estimate of drug-likeness (QED) is 0.459. The molecule has 0 amide bonds. The third-order valence-corrected chi connectivity index (χ3v) is 5.80. The predicted molar refractivity (Wildman–Crippen MR) is 113 cm³/mol. The Bertz CT molecular complexity index is 1180. The van der Waals surface area contributed by atoms with Crippen LogP contribution in [0.5, 0.6) is 0 Å². The summed E-state index contributed by atoms with van der Waals surface area (Å²) in [5.41, 5.74) is 0.922. The molecule has 1 heterocycles. The summed E-state index contributed by atoms with van der Waals surface area (Å²) in [5, 5.41) is 16.5. The molecule has 0 saturated heterocycles. The van der Waals surface area contributed by atoms with Crippen molar-refractivity contribution in [3.63, 3.8) is 0 Å². The first-order chi connectivity index (χ1) is 14.0. The molecule has 3 aromatic rings. The van der Waals surface area contributed by atoms with Gasteiger partial charge in [-0.1, -0.05) is 54.1 Å². The van der Waals surface area contributed by atoms with E-state index in [0.717, 1.165) is 5.69 Å². The number of anilines is 1. The molecule has 9 heteroatoms. The Morgan fingerprint density at radius 2 is 1.66 bits per heavy atom. The zero-order chi connectivity index (χ0) is 20.3. The largest absolute Gasteiger partial charge is 0.350 e. The topological polar surface area (TPSA) is 95.3 Å². The molecule has 0 bridgehead atoms. The molecule has 1 atom stereocenters. The van der Waals surface area contributed by atoms with E-state index < -0.39 is 15.7 Å². The lowest BCUT2D eigenvalue weighted by Crippen LogP contribution is -2.37. The number of fused-ring (bicyclic) bond motifs is 1. The minimum atomic E-state index is -3.81. The Kier molecular flexibility index (Phi) is 5.04. The zero-order valence-electron chi connectivity index (χ0n) is 15.0. The van der Waals surface area contributed by atoms with E-state index in [2.05, 4.69) is 25.5 Å². The third-order valence-electron chi connectivity index (χ3n) is 4.31. The maximum Gasteiger partial charge on any atom is 0.276 e. The van der Waals surface area contributed by atoms with Gasteiger partial charge in [-0.2, -0.15) is 18.6 Å². The lowest BCUT2D eigenvalue weighted by Gasteiger charge is -2.30. The van der Waals surface area contributed by atoms with Crippen LogP contribution in [-0.2, 0) is 15.7 Å².